The first-order chi connectivity index (χ1) is 12.9. The Morgan fingerprint density at radius 3 is 2.81 bits per heavy atom. The molecule has 0 unspecified atom stereocenters. The van der Waals surface area contributed by atoms with Gasteiger partial charge in [0.05, 0.1) is 6.54 Å². The highest BCUT2D eigenvalue weighted by molar-refractivity contribution is 5.81. The predicted octanol–water partition coefficient (Wildman–Crippen LogP) is 0.363. The Labute approximate surface area is 155 Å². The number of amides is 2. The third-order valence-corrected chi connectivity index (χ3v) is 5.34. The number of likely N-dealkylation sites (tertiary alicyclic amines) is 1. The topological polar surface area (TPSA) is 110 Å². The van der Waals surface area contributed by atoms with Gasteiger partial charge in [0.2, 0.25) is 23.6 Å². The summed E-state index contributed by atoms with van der Waals surface area (Å²) in [7, 11) is 0. The quantitative estimate of drug-likeness (QED) is 0.834. The average molecular weight is 371 g/mol. The summed E-state index contributed by atoms with van der Waals surface area (Å²) in [5, 5.41) is 10.4. The molecule has 9 heteroatoms. The van der Waals surface area contributed by atoms with Crippen molar-refractivity contribution in [3.63, 3.8) is 0 Å². The standard InChI is InChI=1S/C18H21N5O4/c1-10-20-21-15(27-10)7-19-18(26)17-13-6-12(8-22(9-13)11(2)24)14-4-3-5-16(25)23(14)17/h3-5,12-13,17H,6-9H2,1-2H3,(H,19,26)/t12-,13+,17-/m1/s1. The number of hydrogen-bond acceptors (Lipinski definition) is 6. The summed E-state index contributed by atoms with van der Waals surface area (Å²) in [4.78, 5) is 39.3. The second-order valence-corrected chi connectivity index (χ2v) is 7.15. The number of aryl methyl sites for hydroxylation is 1. The number of nitrogens with zero attached hydrogens (tertiary/aromatic N) is 4. The highest BCUT2D eigenvalue weighted by Gasteiger charge is 2.44. The van der Waals surface area contributed by atoms with E-state index in [1.165, 1.54) is 13.0 Å². The van der Waals surface area contributed by atoms with Crippen LogP contribution in [0.15, 0.2) is 27.4 Å². The molecule has 0 aromatic carbocycles. The van der Waals surface area contributed by atoms with Crippen molar-refractivity contribution in [3.8, 4) is 0 Å². The van der Waals surface area contributed by atoms with Gasteiger partial charge in [-0.3, -0.25) is 19.0 Å². The van der Waals surface area contributed by atoms with Crippen LogP contribution in [0, 0.1) is 12.8 Å². The van der Waals surface area contributed by atoms with Crippen LogP contribution in [0.25, 0.3) is 0 Å². The molecule has 4 heterocycles. The summed E-state index contributed by atoms with van der Waals surface area (Å²) in [6, 6.07) is 4.37. The van der Waals surface area contributed by atoms with E-state index < -0.39 is 6.04 Å². The lowest BCUT2D eigenvalue weighted by Gasteiger charge is -2.46. The van der Waals surface area contributed by atoms with Crippen molar-refractivity contribution in [2.45, 2.75) is 38.8 Å². The Morgan fingerprint density at radius 1 is 1.30 bits per heavy atom. The first-order valence-electron chi connectivity index (χ1n) is 8.97. The number of pyridine rings is 1. The fourth-order valence-corrected chi connectivity index (χ4v) is 4.20. The lowest BCUT2D eigenvalue weighted by molar-refractivity contribution is -0.135. The zero-order valence-electron chi connectivity index (χ0n) is 15.2. The van der Waals surface area contributed by atoms with Gasteiger partial charge < -0.3 is 14.6 Å². The maximum absolute atomic E-state index is 13.0. The molecule has 0 saturated carbocycles. The highest BCUT2D eigenvalue weighted by Crippen LogP contribution is 2.41. The van der Waals surface area contributed by atoms with Gasteiger partial charge in [-0.05, 0) is 12.5 Å². The molecule has 0 radical (unpaired) electrons. The summed E-state index contributed by atoms with van der Waals surface area (Å²) in [6.45, 7) is 4.34. The smallest absolute Gasteiger partial charge is 0.251 e. The van der Waals surface area contributed by atoms with E-state index in [2.05, 4.69) is 15.5 Å². The van der Waals surface area contributed by atoms with Crippen LogP contribution in [0.2, 0.25) is 0 Å². The summed E-state index contributed by atoms with van der Waals surface area (Å²) in [6.07, 6.45) is 0.769. The summed E-state index contributed by atoms with van der Waals surface area (Å²) >= 11 is 0. The molecule has 2 bridgehead atoms. The first-order valence-corrected chi connectivity index (χ1v) is 8.97. The lowest BCUT2D eigenvalue weighted by Crippen LogP contribution is -2.54. The van der Waals surface area contributed by atoms with E-state index in [0.717, 1.165) is 12.1 Å². The number of hydrogen-bond donors (Lipinski definition) is 1. The largest absolute Gasteiger partial charge is 0.424 e. The van der Waals surface area contributed by atoms with Crippen LogP contribution in [-0.2, 0) is 16.1 Å². The molecule has 3 atom stereocenters. The van der Waals surface area contributed by atoms with Gasteiger partial charge in [-0.2, -0.15) is 0 Å². The zero-order chi connectivity index (χ0) is 19.1. The molecule has 27 heavy (non-hydrogen) atoms. The zero-order valence-corrected chi connectivity index (χ0v) is 15.2. The van der Waals surface area contributed by atoms with Crippen molar-refractivity contribution >= 4 is 11.8 Å². The van der Waals surface area contributed by atoms with Crippen molar-refractivity contribution in [1.82, 2.24) is 25.0 Å². The van der Waals surface area contributed by atoms with Crippen LogP contribution in [0.4, 0.5) is 0 Å². The fourth-order valence-electron chi connectivity index (χ4n) is 4.20. The summed E-state index contributed by atoms with van der Waals surface area (Å²) in [5.74, 6) is 0.370. The van der Waals surface area contributed by atoms with Crippen molar-refractivity contribution < 1.29 is 14.0 Å². The molecule has 2 aliphatic heterocycles. The molecular formula is C18H21N5O4. The number of rotatable bonds is 3. The maximum atomic E-state index is 13.0. The minimum absolute atomic E-state index is 0.0167. The van der Waals surface area contributed by atoms with Crippen LogP contribution in [0.3, 0.4) is 0 Å². The Bertz CT molecular complexity index is 949. The molecule has 1 saturated heterocycles. The van der Waals surface area contributed by atoms with Crippen LogP contribution in [0.1, 0.15) is 42.8 Å². The monoisotopic (exact) mass is 371 g/mol. The van der Waals surface area contributed by atoms with E-state index in [1.54, 1.807) is 22.5 Å². The molecule has 1 N–H and O–H groups in total. The van der Waals surface area contributed by atoms with Crippen molar-refractivity contribution in [2.75, 3.05) is 13.1 Å². The second-order valence-electron chi connectivity index (χ2n) is 7.15. The van der Waals surface area contributed by atoms with Gasteiger partial charge in [-0.15, -0.1) is 10.2 Å². The van der Waals surface area contributed by atoms with Crippen LogP contribution in [-0.4, -0.2) is 44.6 Å². The van der Waals surface area contributed by atoms with Gasteiger partial charge in [0.15, 0.2) is 0 Å². The van der Waals surface area contributed by atoms with Gasteiger partial charge >= 0.3 is 0 Å². The Morgan fingerprint density at radius 2 is 2.11 bits per heavy atom. The Balaban J connectivity index is 1.65. The maximum Gasteiger partial charge on any atom is 0.251 e. The van der Waals surface area contributed by atoms with E-state index in [9.17, 15) is 14.4 Å². The molecule has 142 valence electrons. The van der Waals surface area contributed by atoms with E-state index in [4.69, 9.17) is 4.42 Å². The minimum atomic E-state index is -0.670. The predicted molar refractivity (Wildman–Crippen MR) is 93.7 cm³/mol. The average Bonchev–Trinajstić information content (AvgIpc) is 3.06. The van der Waals surface area contributed by atoms with Gasteiger partial charge in [0, 0.05) is 50.5 Å². The van der Waals surface area contributed by atoms with Crippen molar-refractivity contribution in [3.05, 3.63) is 46.0 Å². The molecule has 4 rings (SSSR count). The van der Waals surface area contributed by atoms with Crippen molar-refractivity contribution in [2.24, 2.45) is 5.92 Å². The molecule has 0 spiro atoms. The number of aromatic nitrogens is 3. The van der Waals surface area contributed by atoms with Gasteiger partial charge in [-0.25, -0.2) is 0 Å². The van der Waals surface area contributed by atoms with Gasteiger partial charge in [0.1, 0.15) is 6.04 Å². The highest BCUT2D eigenvalue weighted by atomic mass is 16.4. The molecule has 2 amide bonds. The van der Waals surface area contributed by atoms with Crippen LogP contribution >= 0.6 is 0 Å². The molecule has 2 aromatic rings. The minimum Gasteiger partial charge on any atom is -0.424 e. The van der Waals surface area contributed by atoms with Crippen molar-refractivity contribution in [1.29, 1.82) is 0 Å². The Hall–Kier alpha value is -2.97. The van der Waals surface area contributed by atoms with Gasteiger partial charge in [0.25, 0.3) is 5.56 Å². The van der Waals surface area contributed by atoms with E-state index in [0.29, 0.717) is 24.9 Å². The molecule has 0 aliphatic carbocycles. The van der Waals surface area contributed by atoms with E-state index in [-0.39, 0.29) is 35.8 Å². The SMILES string of the molecule is CC(=O)N1C[C@H]2C[C@@H](C1)[C@H](C(=O)NCc1nnc(C)o1)n1c2cccc1=O. The third-order valence-electron chi connectivity index (χ3n) is 5.34. The number of piperidine rings is 1. The number of nitrogens with one attached hydrogen (secondary N) is 1. The summed E-state index contributed by atoms with van der Waals surface area (Å²) in [5.41, 5.74) is 0.603. The van der Waals surface area contributed by atoms with Crippen LogP contribution < -0.4 is 10.9 Å². The fraction of sp³-hybridized carbons (Fsp3) is 0.500. The molecule has 1 fully saturated rings. The van der Waals surface area contributed by atoms with Crippen LogP contribution in [0.5, 0.6) is 0 Å². The van der Waals surface area contributed by atoms with Gasteiger partial charge in [-0.1, -0.05) is 6.07 Å². The number of carbonyl (C=O) groups excluding carboxylic acids is 2. The molecular weight excluding hydrogens is 350 g/mol. The molecule has 2 aliphatic rings. The number of fused-ring (bicyclic) bond motifs is 4. The molecule has 2 aromatic heterocycles. The number of carbonyl (C=O) groups is 2. The third kappa shape index (κ3) is 3.13. The first kappa shape index (κ1) is 17.4. The summed E-state index contributed by atoms with van der Waals surface area (Å²) < 4.78 is 6.87. The lowest BCUT2D eigenvalue weighted by atomic mass is 9.78. The van der Waals surface area contributed by atoms with E-state index >= 15 is 0 Å². The molecule has 9 nitrogen and oxygen atoms in total. The Kier molecular flexibility index (Phi) is 4.29. The second kappa shape index (κ2) is 6.64. The van der Waals surface area contributed by atoms with E-state index in [1.807, 2.05) is 6.07 Å². The normalized spacial score (nSPS) is 23.6.